The van der Waals surface area contributed by atoms with Crippen molar-refractivity contribution in [3.63, 3.8) is 0 Å². The number of rotatable bonds is 10. The number of hydrogen-bond donors (Lipinski definition) is 2. The van der Waals surface area contributed by atoms with Crippen LogP contribution in [0.3, 0.4) is 0 Å². The SMILES string of the molecule is CCS(=O)(=O)NC(CCSC)C(=O)Nc1cccc(S(=O)(=O)/N=C2/CCCN2C)c1. The van der Waals surface area contributed by atoms with Crippen LogP contribution in [0.1, 0.15) is 26.2 Å². The zero-order valence-electron chi connectivity index (χ0n) is 17.3. The van der Waals surface area contributed by atoms with Crippen LogP contribution in [-0.2, 0) is 24.8 Å². The Hall–Kier alpha value is -1.63. The first kappa shape index (κ1) is 24.6. The van der Waals surface area contributed by atoms with Crippen molar-refractivity contribution < 1.29 is 21.6 Å². The highest BCUT2D eigenvalue weighted by atomic mass is 32.2. The number of nitrogens with one attached hydrogen (secondary N) is 2. The van der Waals surface area contributed by atoms with Crippen molar-refractivity contribution in [2.24, 2.45) is 4.40 Å². The summed E-state index contributed by atoms with van der Waals surface area (Å²) in [6, 6.07) is 4.84. The van der Waals surface area contributed by atoms with Crippen LogP contribution in [0.4, 0.5) is 5.69 Å². The summed E-state index contributed by atoms with van der Waals surface area (Å²) in [7, 11) is -5.70. The largest absolute Gasteiger partial charge is 0.362 e. The van der Waals surface area contributed by atoms with Crippen molar-refractivity contribution in [1.29, 1.82) is 0 Å². The molecule has 1 aromatic rings. The number of likely N-dealkylation sites (tertiary alicyclic amines) is 1. The van der Waals surface area contributed by atoms with E-state index in [1.807, 2.05) is 6.26 Å². The minimum Gasteiger partial charge on any atom is -0.362 e. The Morgan fingerprint density at radius 1 is 1.30 bits per heavy atom. The molecule has 30 heavy (non-hydrogen) atoms. The molecule has 1 aromatic carbocycles. The van der Waals surface area contributed by atoms with Crippen LogP contribution in [0.2, 0.25) is 0 Å². The number of nitrogens with zero attached hydrogens (tertiary/aromatic N) is 2. The number of benzene rings is 1. The lowest BCUT2D eigenvalue weighted by molar-refractivity contribution is -0.117. The van der Waals surface area contributed by atoms with E-state index < -0.39 is 32.0 Å². The Morgan fingerprint density at radius 2 is 2.03 bits per heavy atom. The highest BCUT2D eigenvalue weighted by Crippen LogP contribution is 2.20. The predicted octanol–water partition coefficient (Wildman–Crippen LogP) is 1.50. The Labute approximate surface area is 182 Å². The normalized spacial score (nSPS) is 17.3. The summed E-state index contributed by atoms with van der Waals surface area (Å²) in [6.45, 7) is 2.25. The molecule has 1 atom stereocenters. The summed E-state index contributed by atoms with van der Waals surface area (Å²) in [5.74, 6) is 0.412. The summed E-state index contributed by atoms with van der Waals surface area (Å²) in [4.78, 5) is 14.4. The molecule has 1 unspecified atom stereocenters. The van der Waals surface area contributed by atoms with Gasteiger partial charge in [0.15, 0.2) is 0 Å². The molecular weight excluding hydrogens is 448 g/mol. The van der Waals surface area contributed by atoms with Gasteiger partial charge in [0.05, 0.1) is 10.6 Å². The summed E-state index contributed by atoms with van der Waals surface area (Å²) in [6.07, 6.45) is 3.62. The fourth-order valence-electron chi connectivity index (χ4n) is 2.84. The molecule has 9 nitrogen and oxygen atoms in total. The molecule has 1 aliphatic heterocycles. The lowest BCUT2D eigenvalue weighted by Crippen LogP contribution is -2.44. The summed E-state index contributed by atoms with van der Waals surface area (Å²) >= 11 is 1.50. The van der Waals surface area contributed by atoms with E-state index in [0.29, 0.717) is 24.4 Å². The number of anilines is 1. The Kier molecular flexibility index (Phi) is 8.71. The number of amidine groups is 1. The molecular formula is C18H28N4O5S3. The van der Waals surface area contributed by atoms with E-state index in [1.54, 1.807) is 18.0 Å². The van der Waals surface area contributed by atoms with Crippen molar-refractivity contribution >= 4 is 49.2 Å². The number of carbonyl (C=O) groups excluding carboxylic acids is 1. The maximum Gasteiger partial charge on any atom is 0.284 e. The van der Waals surface area contributed by atoms with Crippen LogP contribution in [0, 0.1) is 0 Å². The van der Waals surface area contributed by atoms with E-state index >= 15 is 0 Å². The average molecular weight is 477 g/mol. The first-order valence-corrected chi connectivity index (χ1v) is 14.0. The van der Waals surface area contributed by atoms with E-state index in [1.165, 1.54) is 36.9 Å². The number of thioether (sulfide) groups is 1. The van der Waals surface area contributed by atoms with Gasteiger partial charge in [0.2, 0.25) is 15.9 Å². The minimum absolute atomic E-state index is 0.0390. The summed E-state index contributed by atoms with van der Waals surface area (Å²) in [5.41, 5.74) is 0.255. The third-order valence-electron chi connectivity index (χ3n) is 4.59. The van der Waals surface area contributed by atoms with Crippen LogP contribution in [0.25, 0.3) is 0 Å². The lowest BCUT2D eigenvalue weighted by atomic mass is 10.2. The Bertz CT molecular complexity index is 993. The molecule has 0 aromatic heterocycles. The Balaban J connectivity index is 2.20. The second-order valence-corrected chi connectivity index (χ2v) is 11.5. The van der Waals surface area contributed by atoms with E-state index in [2.05, 4.69) is 14.4 Å². The van der Waals surface area contributed by atoms with Gasteiger partial charge in [-0.05, 0) is 50.0 Å². The predicted molar refractivity (Wildman–Crippen MR) is 121 cm³/mol. The first-order valence-electron chi connectivity index (χ1n) is 9.53. The highest BCUT2D eigenvalue weighted by molar-refractivity contribution is 7.98. The molecule has 1 fully saturated rings. The number of hydrogen-bond acceptors (Lipinski definition) is 6. The topological polar surface area (TPSA) is 125 Å². The Morgan fingerprint density at radius 3 is 2.63 bits per heavy atom. The quantitative estimate of drug-likeness (QED) is 0.524. The molecule has 0 spiro atoms. The molecule has 168 valence electrons. The second-order valence-electron chi connectivity index (χ2n) is 6.88. The molecule has 0 radical (unpaired) electrons. The average Bonchev–Trinajstić information content (AvgIpc) is 3.09. The third-order valence-corrected chi connectivity index (χ3v) is 7.94. The van der Waals surface area contributed by atoms with Gasteiger partial charge in [-0.1, -0.05) is 6.07 Å². The monoisotopic (exact) mass is 476 g/mol. The standard InChI is InChI=1S/C18H28N4O5S3/c1-4-29(24,25)20-16(10-12-28-3)18(23)19-14-7-5-8-15(13-14)30(26,27)21-17-9-6-11-22(17)2/h5,7-8,13,16,20H,4,6,9-12H2,1-3H3,(H,19,23)/b21-17-. The molecule has 12 heteroatoms. The molecule has 1 aliphatic rings. The van der Waals surface area contributed by atoms with Crippen LogP contribution >= 0.6 is 11.8 Å². The van der Waals surface area contributed by atoms with Gasteiger partial charge in [0.1, 0.15) is 11.9 Å². The summed E-state index contributed by atoms with van der Waals surface area (Å²) < 4.78 is 55.4. The number of amides is 1. The van der Waals surface area contributed by atoms with Crippen molar-refractivity contribution in [3.05, 3.63) is 24.3 Å². The number of sulfonamides is 2. The maximum atomic E-state index is 12.7. The maximum absolute atomic E-state index is 12.7. The van der Waals surface area contributed by atoms with Crippen LogP contribution in [0.5, 0.6) is 0 Å². The molecule has 1 amide bonds. The molecule has 0 aliphatic carbocycles. The highest BCUT2D eigenvalue weighted by Gasteiger charge is 2.24. The van der Waals surface area contributed by atoms with E-state index in [4.69, 9.17) is 0 Å². The van der Waals surface area contributed by atoms with Crippen LogP contribution in [-0.4, -0.2) is 70.9 Å². The van der Waals surface area contributed by atoms with Gasteiger partial charge in [-0.15, -0.1) is 4.40 Å². The van der Waals surface area contributed by atoms with Gasteiger partial charge in [-0.25, -0.2) is 13.1 Å². The van der Waals surface area contributed by atoms with Crippen LogP contribution in [0.15, 0.2) is 33.6 Å². The smallest absolute Gasteiger partial charge is 0.284 e. The minimum atomic E-state index is -3.92. The zero-order chi connectivity index (χ0) is 22.4. The second kappa shape index (κ2) is 10.6. The molecule has 0 bridgehead atoms. The summed E-state index contributed by atoms with van der Waals surface area (Å²) in [5, 5.41) is 2.61. The molecule has 2 rings (SSSR count). The van der Waals surface area contributed by atoms with Crippen molar-refractivity contribution in [2.75, 3.05) is 36.7 Å². The fraction of sp³-hybridized carbons (Fsp3) is 0.556. The number of carbonyl (C=O) groups is 1. The van der Waals surface area contributed by atoms with Gasteiger partial charge in [-0.3, -0.25) is 4.79 Å². The van der Waals surface area contributed by atoms with E-state index in [-0.39, 0.29) is 16.3 Å². The van der Waals surface area contributed by atoms with Crippen LogP contribution < -0.4 is 10.0 Å². The van der Waals surface area contributed by atoms with Gasteiger partial charge >= 0.3 is 0 Å². The van der Waals surface area contributed by atoms with Gasteiger partial charge in [-0.2, -0.15) is 20.2 Å². The lowest BCUT2D eigenvalue weighted by Gasteiger charge is -2.18. The van der Waals surface area contributed by atoms with Gasteiger partial charge in [0, 0.05) is 25.7 Å². The molecule has 1 saturated heterocycles. The fourth-order valence-corrected chi connectivity index (χ4v) is 5.28. The van der Waals surface area contributed by atoms with E-state index in [9.17, 15) is 21.6 Å². The van der Waals surface area contributed by atoms with Gasteiger partial charge in [0.25, 0.3) is 10.0 Å². The zero-order valence-corrected chi connectivity index (χ0v) is 19.7. The first-order chi connectivity index (χ1) is 14.1. The molecule has 2 N–H and O–H groups in total. The molecule has 0 saturated carbocycles. The van der Waals surface area contributed by atoms with E-state index in [0.717, 1.165) is 13.0 Å². The third kappa shape index (κ3) is 6.96. The van der Waals surface area contributed by atoms with Gasteiger partial charge < -0.3 is 10.2 Å². The molecule has 1 heterocycles. The van der Waals surface area contributed by atoms with Crippen molar-refractivity contribution in [1.82, 2.24) is 9.62 Å². The van der Waals surface area contributed by atoms with Crippen molar-refractivity contribution in [3.8, 4) is 0 Å². The van der Waals surface area contributed by atoms with Crippen molar-refractivity contribution in [2.45, 2.75) is 37.1 Å².